The number of hydrogen-bond acceptors (Lipinski definition) is 2. The van der Waals surface area contributed by atoms with Crippen LogP contribution in [-0.4, -0.2) is 17.4 Å². The number of nitrogens with zero attached hydrogens (tertiary/aromatic N) is 1. The van der Waals surface area contributed by atoms with Gasteiger partial charge in [-0.05, 0) is 41.0 Å². The molecule has 1 aliphatic rings. The number of fused-ring (bicyclic) bond motifs is 1. The van der Waals surface area contributed by atoms with Gasteiger partial charge in [0, 0.05) is 25.2 Å². The second-order valence-corrected chi connectivity index (χ2v) is 7.06. The molecule has 2 rings (SSSR count). The molecule has 3 heteroatoms. The predicted octanol–water partition coefficient (Wildman–Crippen LogP) is 3.23. The first kappa shape index (κ1) is 14.9. The van der Waals surface area contributed by atoms with Crippen LogP contribution in [0.15, 0.2) is 18.2 Å². The van der Waals surface area contributed by atoms with Crippen molar-refractivity contribution in [1.82, 2.24) is 4.90 Å². The quantitative estimate of drug-likeness (QED) is 0.842. The number of carbonyl (C=O) groups is 1. The fraction of sp³-hybridized carbons (Fsp3) is 0.588. The van der Waals surface area contributed by atoms with Gasteiger partial charge in [0.1, 0.15) is 0 Å². The Morgan fingerprint density at radius 3 is 2.70 bits per heavy atom. The number of rotatable bonds is 2. The van der Waals surface area contributed by atoms with Crippen LogP contribution in [0.3, 0.4) is 0 Å². The van der Waals surface area contributed by atoms with Crippen LogP contribution in [0.25, 0.3) is 0 Å². The molecule has 0 aliphatic carbocycles. The van der Waals surface area contributed by atoms with Crippen LogP contribution < -0.4 is 5.73 Å². The van der Waals surface area contributed by atoms with E-state index in [4.69, 9.17) is 5.73 Å². The van der Waals surface area contributed by atoms with Crippen LogP contribution in [-0.2, 0) is 17.8 Å². The molecule has 0 bridgehead atoms. The smallest absolute Gasteiger partial charge is 0.223 e. The number of anilines is 1. The van der Waals surface area contributed by atoms with Crippen molar-refractivity contribution < 1.29 is 4.79 Å². The summed E-state index contributed by atoms with van der Waals surface area (Å²) in [5.41, 5.74) is 9.32. The summed E-state index contributed by atoms with van der Waals surface area (Å²) >= 11 is 0. The maximum Gasteiger partial charge on any atom is 0.223 e. The topological polar surface area (TPSA) is 46.3 Å². The molecule has 20 heavy (non-hydrogen) atoms. The van der Waals surface area contributed by atoms with Gasteiger partial charge in [0.25, 0.3) is 0 Å². The van der Waals surface area contributed by atoms with E-state index in [0.29, 0.717) is 18.9 Å². The van der Waals surface area contributed by atoms with Crippen molar-refractivity contribution in [3.05, 3.63) is 29.3 Å². The molecule has 110 valence electrons. The highest BCUT2D eigenvalue weighted by atomic mass is 16.2. The molecule has 0 saturated carbocycles. The summed E-state index contributed by atoms with van der Waals surface area (Å²) in [4.78, 5) is 14.4. The molecule has 3 nitrogen and oxygen atoms in total. The summed E-state index contributed by atoms with van der Waals surface area (Å²) in [6.07, 6.45) is 1.56. The van der Waals surface area contributed by atoms with E-state index in [2.05, 4.69) is 33.8 Å². The fourth-order valence-electron chi connectivity index (χ4n) is 2.49. The van der Waals surface area contributed by atoms with Crippen LogP contribution in [0.2, 0.25) is 0 Å². The Hall–Kier alpha value is -1.51. The zero-order valence-electron chi connectivity index (χ0n) is 13.1. The lowest BCUT2D eigenvalue weighted by molar-refractivity contribution is -0.133. The third-order valence-corrected chi connectivity index (χ3v) is 4.55. The van der Waals surface area contributed by atoms with Crippen molar-refractivity contribution in [3.8, 4) is 0 Å². The lowest BCUT2D eigenvalue weighted by Crippen LogP contribution is -2.37. The van der Waals surface area contributed by atoms with Crippen LogP contribution in [0.1, 0.15) is 45.2 Å². The maximum atomic E-state index is 12.4. The van der Waals surface area contributed by atoms with Crippen molar-refractivity contribution in [2.75, 3.05) is 12.3 Å². The van der Waals surface area contributed by atoms with Gasteiger partial charge in [-0.25, -0.2) is 0 Å². The summed E-state index contributed by atoms with van der Waals surface area (Å²) in [5.74, 6) is 0.651. The Labute approximate surface area is 122 Å². The van der Waals surface area contributed by atoms with Gasteiger partial charge in [0.2, 0.25) is 5.91 Å². The zero-order valence-corrected chi connectivity index (χ0v) is 13.1. The summed E-state index contributed by atoms with van der Waals surface area (Å²) in [5, 5.41) is 0. The second kappa shape index (κ2) is 5.47. The van der Waals surface area contributed by atoms with Gasteiger partial charge in [0.15, 0.2) is 0 Å². The molecular weight excluding hydrogens is 248 g/mol. The van der Waals surface area contributed by atoms with Crippen LogP contribution in [0.4, 0.5) is 5.69 Å². The standard InChI is InChI=1S/C17H26N2O/c1-12(17(2,3)4)9-16(20)19-8-7-13-5-6-15(18)10-14(13)11-19/h5-6,10,12H,7-9,11,18H2,1-4H3. The highest BCUT2D eigenvalue weighted by Crippen LogP contribution is 2.29. The average Bonchev–Trinajstić information content (AvgIpc) is 2.36. The molecule has 0 aromatic heterocycles. The molecule has 1 heterocycles. The van der Waals surface area contributed by atoms with E-state index in [-0.39, 0.29) is 11.3 Å². The molecule has 1 amide bonds. The molecule has 0 fully saturated rings. The minimum absolute atomic E-state index is 0.174. The first-order valence-corrected chi connectivity index (χ1v) is 7.42. The molecular formula is C17H26N2O. The lowest BCUT2D eigenvalue weighted by atomic mass is 9.80. The van der Waals surface area contributed by atoms with E-state index < -0.39 is 0 Å². The molecule has 1 unspecified atom stereocenters. The summed E-state index contributed by atoms with van der Waals surface area (Å²) in [6.45, 7) is 10.3. The van der Waals surface area contributed by atoms with E-state index in [0.717, 1.165) is 18.7 Å². The number of carbonyl (C=O) groups excluding carboxylic acids is 1. The van der Waals surface area contributed by atoms with Crippen LogP contribution in [0.5, 0.6) is 0 Å². The number of amides is 1. The minimum Gasteiger partial charge on any atom is -0.399 e. The van der Waals surface area contributed by atoms with E-state index in [9.17, 15) is 4.79 Å². The van der Waals surface area contributed by atoms with E-state index in [1.165, 1.54) is 11.1 Å². The molecule has 1 aromatic rings. The van der Waals surface area contributed by atoms with Crippen molar-refractivity contribution in [3.63, 3.8) is 0 Å². The highest BCUT2D eigenvalue weighted by molar-refractivity contribution is 5.77. The van der Waals surface area contributed by atoms with Gasteiger partial charge in [-0.15, -0.1) is 0 Å². The number of hydrogen-bond donors (Lipinski definition) is 1. The van der Waals surface area contributed by atoms with Crippen molar-refractivity contribution >= 4 is 11.6 Å². The van der Waals surface area contributed by atoms with Crippen molar-refractivity contribution in [2.24, 2.45) is 11.3 Å². The largest absolute Gasteiger partial charge is 0.399 e. The zero-order chi connectivity index (χ0) is 14.9. The SMILES string of the molecule is CC(CC(=O)N1CCc2ccc(N)cc2C1)C(C)(C)C. The Morgan fingerprint density at radius 2 is 2.05 bits per heavy atom. The number of benzene rings is 1. The van der Waals surface area contributed by atoms with Gasteiger partial charge in [0.05, 0.1) is 0 Å². The number of nitrogen functional groups attached to an aromatic ring is 1. The average molecular weight is 274 g/mol. The molecule has 0 saturated heterocycles. The lowest BCUT2D eigenvalue weighted by Gasteiger charge is -2.32. The van der Waals surface area contributed by atoms with E-state index in [1.807, 2.05) is 17.0 Å². The number of nitrogens with two attached hydrogens (primary N) is 1. The molecule has 2 N–H and O–H groups in total. The van der Waals surface area contributed by atoms with E-state index >= 15 is 0 Å². The highest BCUT2D eigenvalue weighted by Gasteiger charge is 2.26. The van der Waals surface area contributed by atoms with Gasteiger partial charge in [-0.3, -0.25) is 4.79 Å². The van der Waals surface area contributed by atoms with Gasteiger partial charge in [-0.1, -0.05) is 33.8 Å². The normalized spacial score (nSPS) is 16.7. The minimum atomic E-state index is 0.174. The van der Waals surface area contributed by atoms with Gasteiger partial charge >= 0.3 is 0 Å². The summed E-state index contributed by atoms with van der Waals surface area (Å²) in [7, 11) is 0. The third kappa shape index (κ3) is 3.33. The summed E-state index contributed by atoms with van der Waals surface area (Å²) < 4.78 is 0. The second-order valence-electron chi connectivity index (χ2n) is 7.06. The molecule has 1 aliphatic heterocycles. The molecule has 0 radical (unpaired) electrons. The first-order chi connectivity index (χ1) is 9.27. The molecule has 1 atom stereocenters. The molecule has 0 spiro atoms. The first-order valence-electron chi connectivity index (χ1n) is 7.42. The van der Waals surface area contributed by atoms with Crippen LogP contribution >= 0.6 is 0 Å². The van der Waals surface area contributed by atoms with Gasteiger partial charge < -0.3 is 10.6 Å². The molecule has 1 aromatic carbocycles. The Bertz CT molecular complexity index is 502. The Balaban J connectivity index is 2.03. The van der Waals surface area contributed by atoms with E-state index in [1.54, 1.807) is 0 Å². The predicted molar refractivity (Wildman–Crippen MR) is 83.2 cm³/mol. The maximum absolute atomic E-state index is 12.4. The Kier molecular flexibility index (Phi) is 4.07. The van der Waals surface area contributed by atoms with Crippen LogP contribution in [0, 0.1) is 11.3 Å². The van der Waals surface area contributed by atoms with Crippen molar-refractivity contribution in [2.45, 2.75) is 47.1 Å². The Morgan fingerprint density at radius 1 is 1.35 bits per heavy atom. The fourth-order valence-corrected chi connectivity index (χ4v) is 2.49. The third-order valence-electron chi connectivity index (χ3n) is 4.55. The summed E-state index contributed by atoms with van der Waals surface area (Å²) in [6, 6.07) is 6.03. The van der Waals surface area contributed by atoms with Crippen molar-refractivity contribution in [1.29, 1.82) is 0 Å². The van der Waals surface area contributed by atoms with Gasteiger partial charge in [-0.2, -0.15) is 0 Å². The monoisotopic (exact) mass is 274 g/mol.